The van der Waals surface area contributed by atoms with Gasteiger partial charge in [0.1, 0.15) is 5.60 Å². The Labute approximate surface area is 141 Å². The van der Waals surface area contributed by atoms with Crippen LogP contribution in [0.2, 0.25) is 0 Å². The third kappa shape index (κ3) is 5.96. The Morgan fingerprint density at radius 2 is 1.91 bits per heavy atom. The van der Waals surface area contributed by atoms with Crippen molar-refractivity contribution in [1.29, 1.82) is 0 Å². The second-order valence-electron chi connectivity index (χ2n) is 8.85. The van der Waals surface area contributed by atoms with Crippen molar-refractivity contribution in [2.75, 3.05) is 39.3 Å². The minimum absolute atomic E-state index is 0.143. The Hall–Kier alpha value is -0.810. The quantitative estimate of drug-likeness (QED) is 0.866. The van der Waals surface area contributed by atoms with E-state index in [0.29, 0.717) is 6.04 Å². The van der Waals surface area contributed by atoms with Gasteiger partial charge < -0.3 is 19.9 Å². The van der Waals surface area contributed by atoms with Crippen LogP contribution in [0.4, 0.5) is 4.79 Å². The molecule has 1 N–H and O–H groups in total. The largest absolute Gasteiger partial charge is 0.444 e. The van der Waals surface area contributed by atoms with E-state index >= 15 is 0 Å². The highest BCUT2D eigenvalue weighted by Gasteiger charge is 2.37. The van der Waals surface area contributed by atoms with Gasteiger partial charge >= 0.3 is 6.09 Å². The zero-order chi connectivity index (χ0) is 17.1. The van der Waals surface area contributed by atoms with Crippen LogP contribution in [0.25, 0.3) is 0 Å². The van der Waals surface area contributed by atoms with E-state index < -0.39 is 5.60 Å². The van der Waals surface area contributed by atoms with E-state index in [1.807, 2.05) is 25.7 Å². The van der Waals surface area contributed by atoms with Crippen LogP contribution < -0.4 is 5.32 Å². The SMILES string of the molecule is CC1(C)CCC(CCN2CCNCC2)N(C(=O)OC(C)(C)C)C1. The average Bonchev–Trinajstić information content (AvgIpc) is 2.44. The molecule has 0 aromatic rings. The van der Waals surface area contributed by atoms with Crippen molar-refractivity contribution < 1.29 is 9.53 Å². The maximum atomic E-state index is 12.6. The molecule has 2 heterocycles. The smallest absolute Gasteiger partial charge is 0.410 e. The molecule has 1 unspecified atom stereocenters. The van der Waals surface area contributed by atoms with Gasteiger partial charge in [-0.1, -0.05) is 13.8 Å². The minimum atomic E-state index is -0.429. The van der Waals surface area contributed by atoms with Crippen molar-refractivity contribution >= 4 is 6.09 Å². The molecule has 0 spiro atoms. The standard InChI is InChI=1S/C18H35N3O2/c1-17(2,3)23-16(22)21-14-18(4,5)8-6-15(21)7-11-20-12-9-19-10-13-20/h15,19H,6-14H2,1-5H3. The van der Waals surface area contributed by atoms with Gasteiger partial charge in [-0.05, 0) is 45.4 Å². The Kier molecular flexibility index (Phi) is 5.95. The summed E-state index contributed by atoms with van der Waals surface area (Å²) in [7, 11) is 0. The zero-order valence-electron chi connectivity index (χ0n) is 15.7. The summed E-state index contributed by atoms with van der Waals surface area (Å²) in [6.45, 7) is 16.6. The van der Waals surface area contributed by atoms with Crippen LogP contribution in [0.1, 0.15) is 53.9 Å². The lowest BCUT2D eigenvalue weighted by Crippen LogP contribution is -2.52. The fourth-order valence-corrected chi connectivity index (χ4v) is 3.48. The maximum absolute atomic E-state index is 12.6. The molecule has 5 nitrogen and oxygen atoms in total. The number of ether oxygens (including phenoxy) is 1. The number of nitrogens with zero attached hydrogens (tertiary/aromatic N) is 2. The van der Waals surface area contributed by atoms with Gasteiger partial charge in [0.2, 0.25) is 0 Å². The number of carbonyl (C=O) groups excluding carboxylic acids is 1. The number of likely N-dealkylation sites (tertiary alicyclic amines) is 1. The predicted molar refractivity (Wildman–Crippen MR) is 93.7 cm³/mol. The Balaban J connectivity index is 1.95. The number of piperidine rings is 1. The molecule has 2 saturated heterocycles. The third-order valence-electron chi connectivity index (χ3n) is 4.81. The van der Waals surface area contributed by atoms with Crippen LogP contribution in [0.3, 0.4) is 0 Å². The summed E-state index contributed by atoms with van der Waals surface area (Å²) in [5.74, 6) is 0. The molecule has 23 heavy (non-hydrogen) atoms. The molecule has 1 atom stereocenters. The second-order valence-corrected chi connectivity index (χ2v) is 8.85. The summed E-state index contributed by atoms with van der Waals surface area (Å²) in [6, 6.07) is 0.313. The molecular formula is C18H35N3O2. The van der Waals surface area contributed by atoms with Crippen LogP contribution in [-0.2, 0) is 4.74 Å². The predicted octanol–water partition coefficient (Wildman–Crippen LogP) is 2.71. The molecule has 0 aromatic heterocycles. The molecule has 2 aliphatic heterocycles. The first-order valence-corrected chi connectivity index (χ1v) is 9.09. The first-order chi connectivity index (χ1) is 10.7. The molecule has 0 bridgehead atoms. The molecule has 1 amide bonds. The number of piperazine rings is 1. The zero-order valence-corrected chi connectivity index (χ0v) is 15.7. The molecule has 0 aromatic carbocycles. The molecule has 134 valence electrons. The molecule has 0 radical (unpaired) electrons. The van der Waals surface area contributed by atoms with E-state index in [4.69, 9.17) is 4.74 Å². The molecule has 0 saturated carbocycles. The Morgan fingerprint density at radius 1 is 1.26 bits per heavy atom. The number of carbonyl (C=O) groups is 1. The summed E-state index contributed by atoms with van der Waals surface area (Å²) in [6.07, 6.45) is 3.17. The van der Waals surface area contributed by atoms with Crippen LogP contribution in [0, 0.1) is 5.41 Å². The maximum Gasteiger partial charge on any atom is 0.410 e. The topological polar surface area (TPSA) is 44.8 Å². The number of rotatable bonds is 3. The van der Waals surface area contributed by atoms with E-state index in [9.17, 15) is 4.79 Å². The van der Waals surface area contributed by atoms with Crippen molar-refractivity contribution in [2.24, 2.45) is 5.41 Å². The fraction of sp³-hybridized carbons (Fsp3) is 0.944. The van der Waals surface area contributed by atoms with Gasteiger partial charge in [0.15, 0.2) is 0 Å². The monoisotopic (exact) mass is 325 g/mol. The van der Waals surface area contributed by atoms with Gasteiger partial charge in [-0.15, -0.1) is 0 Å². The van der Waals surface area contributed by atoms with Gasteiger partial charge in [-0.2, -0.15) is 0 Å². The third-order valence-corrected chi connectivity index (χ3v) is 4.81. The normalized spacial score (nSPS) is 26.1. The second kappa shape index (κ2) is 7.39. The van der Waals surface area contributed by atoms with Crippen molar-refractivity contribution in [1.82, 2.24) is 15.1 Å². The summed E-state index contributed by atoms with van der Waals surface area (Å²) in [5, 5.41) is 3.39. The molecule has 5 heteroatoms. The lowest BCUT2D eigenvalue weighted by atomic mass is 9.80. The summed E-state index contributed by atoms with van der Waals surface area (Å²) in [4.78, 5) is 17.1. The van der Waals surface area contributed by atoms with Crippen LogP contribution in [0.5, 0.6) is 0 Å². The summed E-state index contributed by atoms with van der Waals surface area (Å²) < 4.78 is 5.66. The van der Waals surface area contributed by atoms with E-state index in [2.05, 4.69) is 24.1 Å². The highest BCUT2D eigenvalue weighted by Crippen LogP contribution is 2.34. The van der Waals surface area contributed by atoms with Gasteiger partial charge in [0, 0.05) is 45.3 Å². The van der Waals surface area contributed by atoms with Crippen LogP contribution in [0.15, 0.2) is 0 Å². The number of hydrogen-bond acceptors (Lipinski definition) is 4. The van der Waals surface area contributed by atoms with Crippen LogP contribution in [-0.4, -0.2) is 66.8 Å². The first-order valence-electron chi connectivity index (χ1n) is 9.09. The molecular weight excluding hydrogens is 290 g/mol. The lowest BCUT2D eigenvalue weighted by molar-refractivity contribution is -0.0102. The highest BCUT2D eigenvalue weighted by atomic mass is 16.6. The Bertz CT molecular complexity index is 398. The summed E-state index contributed by atoms with van der Waals surface area (Å²) in [5.41, 5.74) is -0.246. The van der Waals surface area contributed by atoms with E-state index in [1.165, 1.54) is 6.42 Å². The molecule has 2 rings (SSSR count). The van der Waals surface area contributed by atoms with Gasteiger partial charge in [0.25, 0.3) is 0 Å². The average molecular weight is 325 g/mol. The summed E-state index contributed by atoms with van der Waals surface area (Å²) >= 11 is 0. The van der Waals surface area contributed by atoms with Crippen molar-refractivity contribution in [3.63, 3.8) is 0 Å². The molecule has 2 aliphatic rings. The first kappa shape index (κ1) is 18.5. The highest BCUT2D eigenvalue weighted by molar-refractivity contribution is 5.68. The molecule has 2 fully saturated rings. The van der Waals surface area contributed by atoms with Crippen molar-refractivity contribution in [3.05, 3.63) is 0 Å². The van der Waals surface area contributed by atoms with Crippen molar-refractivity contribution in [3.8, 4) is 0 Å². The van der Waals surface area contributed by atoms with Gasteiger partial charge in [-0.25, -0.2) is 4.79 Å². The van der Waals surface area contributed by atoms with Gasteiger partial charge in [-0.3, -0.25) is 0 Å². The van der Waals surface area contributed by atoms with Crippen LogP contribution >= 0.6 is 0 Å². The Morgan fingerprint density at radius 3 is 2.52 bits per heavy atom. The number of amides is 1. The number of nitrogens with one attached hydrogen (secondary N) is 1. The minimum Gasteiger partial charge on any atom is -0.444 e. The van der Waals surface area contributed by atoms with E-state index in [1.54, 1.807) is 0 Å². The van der Waals surface area contributed by atoms with Gasteiger partial charge in [0.05, 0.1) is 0 Å². The fourth-order valence-electron chi connectivity index (χ4n) is 3.48. The van der Waals surface area contributed by atoms with E-state index in [-0.39, 0.29) is 11.5 Å². The molecule has 0 aliphatic carbocycles. The van der Waals surface area contributed by atoms with Crippen molar-refractivity contribution in [2.45, 2.75) is 65.5 Å². The lowest BCUT2D eigenvalue weighted by Gasteiger charge is -2.44. The number of hydrogen-bond donors (Lipinski definition) is 1. The van der Waals surface area contributed by atoms with E-state index in [0.717, 1.165) is 52.1 Å².